The number of anilines is 1. The van der Waals surface area contributed by atoms with Gasteiger partial charge in [-0.3, -0.25) is 9.52 Å². The minimum atomic E-state index is -3.86. The van der Waals surface area contributed by atoms with E-state index in [2.05, 4.69) is 14.7 Å². The summed E-state index contributed by atoms with van der Waals surface area (Å²) in [4.78, 5) is 20.5. The molecule has 0 bridgehead atoms. The number of halogens is 2. The van der Waals surface area contributed by atoms with E-state index in [1.807, 2.05) is 6.92 Å². The topological polar surface area (TPSA) is 110 Å². The lowest BCUT2D eigenvalue weighted by molar-refractivity contribution is 0.103. The van der Waals surface area contributed by atoms with Gasteiger partial charge in [-0.05, 0) is 42.3 Å². The highest BCUT2D eigenvalue weighted by atomic mass is 32.2. The van der Waals surface area contributed by atoms with Crippen LogP contribution in [0.1, 0.15) is 35.7 Å². The molecule has 2 N–H and O–H groups in total. The first-order valence-corrected chi connectivity index (χ1v) is 12.8. The van der Waals surface area contributed by atoms with E-state index in [1.54, 1.807) is 30.5 Å². The van der Waals surface area contributed by atoms with Gasteiger partial charge in [-0.15, -0.1) is 0 Å². The summed E-state index contributed by atoms with van der Waals surface area (Å²) in [5.74, 6) is -2.38. The van der Waals surface area contributed by atoms with Gasteiger partial charge in [0.25, 0.3) is 0 Å². The molecule has 0 spiro atoms. The predicted octanol–water partition coefficient (Wildman–Crippen LogP) is 5.01. The molecule has 36 heavy (non-hydrogen) atoms. The Labute approximate surface area is 205 Å². The molecule has 0 atom stereocenters. The molecule has 5 rings (SSSR count). The first-order chi connectivity index (χ1) is 17.3. The summed E-state index contributed by atoms with van der Waals surface area (Å²) in [6.45, 7) is 1.94. The Balaban J connectivity index is 1.53. The van der Waals surface area contributed by atoms with Crippen LogP contribution in [0, 0.1) is 11.6 Å². The van der Waals surface area contributed by atoms with E-state index < -0.39 is 38.7 Å². The van der Waals surface area contributed by atoms with E-state index in [0.29, 0.717) is 40.9 Å². The van der Waals surface area contributed by atoms with Crippen molar-refractivity contribution in [2.24, 2.45) is 0 Å². The molecule has 1 aliphatic rings. The number of unbranched alkanes of at least 4 members (excludes halogenated alkanes) is 1. The van der Waals surface area contributed by atoms with Crippen molar-refractivity contribution in [3.05, 3.63) is 71.6 Å². The van der Waals surface area contributed by atoms with E-state index in [0.717, 1.165) is 17.7 Å². The van der Waals surface area contributed by atoms with Gasteiger partial charge in [-0.25, -0.2) is 22.2 Å². The van der Waals surface area contributed by atoms with Gasteiger partial charge in [0.1, 0.15) is 11.5 Å². The van der Waals surface area contributed by atoms with Gasteiger partial charge in [0.2, 0.25) is 22.6 Å². The van der Waals surface area contributed by atoms with Crippen LogP contribution in [0.15, 0.2) is 48.8 Å². The summed E-state index contributed by atoms with van der Waals surface area (Å²) in [5.41, 5.74) is 0.376. The summed E-state index contributed by atoms with van der Waals surface area (Å²) >= 11 is 0. The fourth-order valence-electron chi connectivity index (χ4n) is 3.95. The largest absolute Gasteiger partial charge is 0.454 e. The summed E-state index contributed by atoms with van der Waals surface area (Å²) in [6.07, 6.45) is 3.91. The average molecular weight is 514 g/mol. The number of rotatable bonds is 8. The molecule has 11 heteroatoms. The first kappa shape index (κ1) is 23.7. The zero-order valence-corrected chi connectivity index (χ0v) is 19.9. The third-order valence-corrected chi connectivity index (χ3v) is 7.19. The number of pyridine rings is 1. The maximum atomic E-state index is 15.3. The van der Waals surface area contributed by atoms with Gasteiger partial charge < -0.3 is 14.5 Å². The van der Waals surface area contributed by atoms with Crippen LogP contribution in [0.5, 0.6) is 11.5 Å². The number of benzene rings is 2. The predicted molar refractivity (Wildman–Crippen MR) is 130 cm³/mol. The lowest BCUT2D eigenvalue weighted by Gasteiger charge is -2.12. The summed E-state index contributed by atoms with van der Waals surface area (Å²) in [7, 11) is -3.86. The minimum Gasteiger partial charge on any atom is -0.454 e. The first-order valence-electron chi connectivity index (χ1n) is 11.2. The summed E-state index contributed by atoms with van der Waals surface area (Å²) < 4.78 is 67.3. The van der Waals surface area contributed by atoms with Gasteiger partial charge in [-0.2, -0.15) is 0 Å². The fraction of sp³-hybridized carbons (Fsp3) is 0.200. The van der Waals surface area contributed by atoms with Crippen LogP contribution < -0.4 is 14.2 Å². The van der Waals surface area contributed by atoms with E-state index in [-0.39, 0.29) is 18.1 Å². The molecule has 1 aliphatic heterocycles. The average Bonchev–Trinajstić information content (AvgIpc) is 3.50. The van der Waals surface area contributed by atoms with Gasteiger partial charge in [0, 0.05) is 28.9 Å². The second-order valence-electron chi connectivity index (χ2n) is 8.28. The van der Waals surface area contributed by atoms with Crippen LogP contribution in [-0.2, 0) is 10.0 Å². The number of aromatic amines is 1. The number of carbonyl (C=O) groups is 1. The lowest BCUT2D eigenvalue weighted by atomic mass is 9.99. The third kappa shape index (κ3) is 4.37. The molecular weight excluding hydrogens is 492 g/mol. The van der Waals surface area contributed by atoms with E-state index >= 15 is 4.39 Å². The zero-order chi connectivity index (χ0) is 25.4. The highest BCUT2D eigenvalue weighted by Gasteiger charge is 2.26. The SMILES string of the molecule is CCCCS(=O)(=O)Nc1ccc(F)c(C(=O)c2c[nH]c3ncc(-c4ccc5c(c4)OCO5)cc23)c1F. The highest BCUT2D eigenvalue weighted by molar-refractivity contribution is 7.92. The Morgan fingerprint density at radius 2 is 1.92 bits per heavy atom. The van der Waals surface area contributed by atoms with Crippen LogP contribution in [0.25, 0.3) is 22.2 Å². The number of fused-ring (bicyclic) bond motifs is 2. The standard InChI is InChI=1S/C25H21F2N3O5S/c1-2-3-8-36(32,33)30-19-6-5-18(26)22(23(19)27)24(31)17-12-29-25-16(17)9-15(11-28-25)14-4-7-20-21(10-14)35-13-34-20/h4-7,9-12,30H,2-3,8,13H2,1H3,(H,28,29). The van der Waals surface area contributed by atoms with Crippen molar-refractivity contribution in [1.29, 1.82) is 0 Å². The van der Waals surface area contributed by atoms with Gasteiger partial charge in [0.05, 0.1) is 17.0 Å². The van der Waals surface area contributed by atoms with Crippen LogP contribution in [0.4, 0.5) is 14.5 Å². The zero-order valence-electron chi connectivity index (χ0n) is 19.1. The summed E-state index contributed by atoms with van der Waals surface area (Å²) in [5, 5.41) is 0.350. The second-order valence-corrected chi connectivity index (χ2v) is 10.1. The quantitative estimate of drug-likeness (QED) is 0.321. The number of hydrogen-bond acceptors (Lipinski definition) is 6. The molecule has 3 heterocycles. The van der Waals surface area contributed by atoms with E-state index in [1.165, 1.54) is 6.20 Å². The highest BCUT2D eigenvalue weighted by Crippen LogP contribution is 2.37. The number of hydrogen-bond donors (Lipinski definition) is 2. The lowest BCUT2D eigenvalue weighted by Crippen LogP contribution is -2.19. The van der Waals surface area contributed by atoms with Crippen molar-refractivity contribution >= 4 is 32.5 Å². The van der Waals surface area contributed by atoms with Gasteiger partial charge >= 0.3 is 0 Å². The van der Waals surface area contributed by atoms with Crippen molar-refractivity contribution in [2.45, 2.75) is 19.8 Å². The van der Waals surface area contributed by atoms with Crippen molar-refractivity contribution < 1.29 is 31.5 Å². The minimum absolute atomic E-state index is 0.0103. The molecule has 2 aromatic heterocycles. The Hall–Kier alpha value is -3.99. The van der Waals surface area contributed by atoms with E-state index in [9.17, 15) is 17.6 Å². The molecule has 0 saturated heterocycles. The smallest absolute Gasteiger partial charge is 0.232 e. The molecule has 0 aliphatic carbocycles. The number of aromatic nitrogens is 2. The maximum Gasteiger partial charge on any atom is 0.232 e. The maximum absolute atomic E-state index is 15.3. The number of carbonyl (C=O) groups excluding carboxylic acids is 1. The number of sulfonamides is 1. The molecule has 2 aromatic carbocycles. The molecule has 0 fully saturated rings. The van der Waals surface area contributed by atoms with Crippen molar-refractivity contribution in [2.75, 3.05) is 17.3 Å². The monoisotopic (exact) mass is 513 g/mol. The number of ether oxygens (including phenoxy) is 2. The Morgan fingerprint density at radius 3 is 2.72 bits per heavy atom. The molecule has 4 aromatic rings. The molecule has 0 radical (unpaired) electrons. The molecule has 0 unspecified atom stereocenters. The molecular formula is C25H21F2N3O5S. The van der Waals surface area contributed by atoms with Gasteiger partial charge in [-0.1, -0.05) is 19.4 Å². The second kappa shape index (κ2) is 9.23. The molecule has 186 valence electrons. The number of ketones is 1. The normalized spacial score (nSPS) is 12.8. The summed E-state index contributed by atoms with van der Waals surface area (Å²) in [6, 6.07) is 8.82. The van der Waals surface area contributed by atoms with Crippen LogP contribution in [0.3, 0.4) is 0 Å². The Bertz CT molecular complexity index is 1600. The van der Waals surface area contributed by atoms with Crippen molar-refractivity contribution in [3.8, 4) is 22.6 Å². The van der Waals surface area contributed by atoms with Gasteiger partial charge in [0.15, 0.2) is 17.3 Å². The number of H-pyrrole nitrogens is 1. The molecule has 0 saturated carbocycles. The molecule has 8 nitrogen and oxygen atoms in total. The third-order valence-electron chi connectivity index (χ3n) is 5.83. The molecule has 0 amide bonds. The van der Waals surface area contributed by atoms with Crippen molar-refractivity contribution in [1.82, 2.24) is 9.97 Å². The number of nitrogens with zero attached hydrogens (tertiary/aromatic N) is 1. The number of nitrogens with one attached hydrogen (secondary N) is 2. The van der Waals surface area contributed by atoms with Crippen LogP contribution >= 0.6 is 0 Å². The van der Waals surface area contributed by atoms with Crippen LogP contribution in [0.2, 0.25) is 0 Å². The van der Waals surface area contributed by atoms with E-state index in [4.69, 9.17) is 9.47 Å². The van der Waals surface area contributed by atoms with Crippen LogP contribution in [-0.4, -0.2) is 36.7 Å². The Morgan fingerprint density at radius 1 is 1.11 bits per heavy atom. The Kier molecular flexibility index (Phi) is 6.09. The van der Waals surface area contributed by atoms with Crippen molar-refractivity contribution in [3.63, 3.8) is 0 Å². The fourth-order valence-corrected chi connectivity index (χ4v) is 5.22.